The van der Waals surface area contributed by atoms with Crippen molar-refractivity contribution in [2.24, 2.45) is 0 Å². The van der Waals surface area contributed by atoms with Crippen LogP contribution in [0.2, 0.25) is 0 Å². The molecule has 3 nitrogen and oxygen atoms in total. The van der Waals surface area contributed by atoms with E-state index < -0.39 is 16.0 Å². The molecule has 0 amide bonds. The van der Waals surface area contributed by atoms with Crippen LogP contribution in [0.5, 0.6) is 5.75 Å². The topological polar surface area (TPSA) is 43.4 Å². The second-order valence-corrected chi connectivity index (χ2v) is 6.91. The Morgan fingerprint density at radius 3 is 2.47 bits per heavy atom. The Balaban J connectivity index is 2.16. The van der Waals surface area contributed by atoms with Crippen molar-refractivity contribution in [2.45, 2.75) is 16.4 Å². The highest BCUT2D eigenvalue weighted by Crippen LogP contribution is 2.20. The highest BCUT2D eigenvalue weighted by molar-refractivity contribution is 7.88. The number of ether oxygens (including phenoxy) is 1. The van der Waals surface area contributed by atoms with Gasteiger partial charge in [0, 0.05) is 5.56 Å². The van der Waals surface area contributed by atoms with Crippen LogP contribution in [0.15, 0.2) is 46.0 Å². The van der Waals surface area contributed by atoms with Crippen molar-refractivity contribution in [3.05, 3.63) is 47.3 Å². The number of ketones is 1. The molecule has 0 radical (unpaired) electrons. The highest BCUT2D eigenvalue weighted by Gasteiger charge is 2.23. The second kappa shape index (κ2) is 6.12. The van der Waals surface area contributed by atoms with Gasteiger partial charge in [-0.05, 0) is 42.6 Å². The van der Waals surface area contributed by atoms with Gasteiger partial charge in [-0.15, -0.1) is 11.3 Å². The first-order chi connectivity index (χ1) is 9.13. The van der Waals surface area contributed by atoms with Crippen molar-refractivity contribution < 1.29 is 13.7 Å². The summed E-state index contributed by atoms with van der Waals surface area (Å²) in [6, 6.07) is 10.5. The third kappa shape index (κ3) is 3.11. The molecule has 2 unspecified atom stereocenters. The van der Waals surface area contributed by atoms with E-state index in [0.29, 0.717) is 11.3 Å². The van der Waals surface area contributed by atoms with Crippen LogP contribution in [0.1, 0.15) is 17.3 Å². The number of hydrogen-bond donors (Lipinski definition) is 0. The minimum Gasteiger partial charge on any atom is -0.497 e. The number of carbonyl (C=O) groups is 1. The van der Waals surface area contributed by atoms with Gasteiger partial charge in [-0.3, -0.25) is 9.00 Å². The molecule has 0 saturated heterocycles. The van der Waals surface area contributed by atoms with E-state index in [2.05, 4.69) is 0 Å². The summed E-state index contributed by atoms with van der Waals surface area (Å²) in [4.78, 5) is 12.3. The Bertz CT molecular complexity index is 573. The summed E-state index contributed by atoms with van der Waals surface area (Å²) in [6.07, 6.45) is 0. The monoisotopic (exact) mass is 294 g/mol. The first kappa shape index (κ1) is 14.0. The summed E-state index contributed by atoms with van der Waals surface area (Å²) >= 11 is 1.41. The first-order valence-electron chi connectivity index (χ1n) is 5.76. The number of rotatable bonds is 5. The van der Waals surface area contributed by atoms with Crippen LogP contribution in [-0.2, 0) is 10.8 Å². The van der Waals surface area contributed by atoms with Gasteiger partial charge >= 0.3 is 0 Å². The molecule has 100 valence electrons. The van der Waals surface area contributed by atoms with Crippen molar-refractivity contribution in [3.63, 3.8) is 0 Å². The molecule has 1 heterocycles. The maximum absolute atomic E-state index is 12.3. The van der Waals surface area contributed by atoms with Crippen LogP contribution in [0.25, 0.3) is 0 Å². The molecule has 0 N–H and O–H groups in total. The third-order valence-corrected chi connectivity index (χ3v) is 5.59. The number of hydrogen-bond acceptors (Lipinski definition) is 4. The molecule has 5 heteroatoms. The van der Waals surface area contributed by atoms with Crippen molar-refractivity contribution in [1.82, 2.24) is 0 Å². The fourth-order valence-electron chi connectivity index (χ4n) is 1.64. The maximum atomic E-state index is 12.3. The quantitative estimate of drug-likeness (QED) is 0.796. The zero-order valence-corrected chi connectivity index (χ0v) is 12.3. The molecule has 1 aromatic heterocycles. The minimum absolute atomic E-state index is 0.116. The average molecular weight is 294 g/mol. The van der Waals surface area contributed by atoms with Crippen LogP contribution in [-0.4, -0.2) is 22.4 Å². The molecular formula is C14H14O3S2. The highest BCUT2D eigenvalue weighted by atomic mass is 32.2. The third-order valence-electron chi connectivity index (χ3n) is 2.76. The summed E-state index contributed by atoms with van der Waals surface area (Å²) in [5.41, 5.74) is 0.554. The minimum atomic E-state index is -1.30. The molecule has 0 bridgehead atoms. The number of methoxy groups -OCH3 is 1. The van der Waals surface area contributed by atoms with Crippen LogP contribution >= 0.6 is 11.3 Å². The summed E-state index contributed by atoms with van der Waals surface area (Å²) in [5.74, 6) is 0.581. The first-order valence-corrected chi connectivity index (χ1v) is 7.85. The van der Waals surface area contributed by atoms with Crippen molar-refractivity contribution in [1.29, 1.82) is 0 Å². The van der Waals surface area contributed by atoms with Crippen molar-refractivity contribution in [3.8, 4) is 5.75 Å². The molecule has 0 aliphatic carbocycles. The lowest BCUT2D eigenvalue weighted by Gasteiger charge is -2.09. The predicted molar refractivity (Wildman–Crippen MR) is 77.5 cm³/mol. The van der Waals surface area contributed by atoms with Gasteiger partial charge in [-0.2, -0.15) is 0 Å². The van der Waals surface area contributed by atoms with Crippen molar-refractivity contribution in [2.75, 3.05) is 7.11 Å². The van der Waals surface area contributed by atoms with Crippen LogP contribution in [0.3, 0.4) is 0 Å². The van der Waals surface area contributed by atoms with Crippen LogP contribution in [0.4, 0.5) is 0 Å². The number of thiophene rings is 1. The Hall–Kier alpha value is -1.46. The maximum Gasteiger partial charge on any atom is 0.178 e. The van der Waals surface area contributed by atoms with E-state index in [4.69, 9.17) is 4.74 Å². The standard InChI is InChI=1S/C14H14O3S2/c1-10(19(16)13-4-3-9-18-13)14(15)11-5-7-12(17-2)8-6-11/h3-10H,1-2H3. The Kier molecular flexibility index (Phi) is 4.50. The van der Waals surface area contributed by atoms with Gasteiger partial charge in [0.2, 0.25) is 0 Å². The normalized spacial score (nSPS) is 13.8. The Morgan fingerprint density at radius 1 is 1.26 bits per heavy atom. The van der Waals surface area contributed by atoms with Crippen molar-refractivity contribution >= 4 is 27.9 Å². The summed E-state index contributed by atoms with van der Waals surface area (Å²) in [5, 5.41) is 1.31. The molecule has 19 heavy (non-hydrogen) atoms. The van der Waals surface area contributed by atoms with E-state index in [1.807, 2.05) is 11.4 Å². The fourth-order valence-corrected chi connectivity index (χ4v) is 3.96. The van der Waals surface area contributed by atoms with E-state index in [1.165, 1.54) is 11.3 Å². The summed E-state index contributed by atoms with van der Waals surface area (Å²) in [6.45, 7) is 1.70. The number of benzene rings is 1. The van der Waals surface area contributed by atoms with E-state index in [1.54, 1.807) is 44.4 Å². The molecular weight excluding hydrogens is 280 g/mol. The largest absolute Gasteiger partial charge is 0.497 e. The SMILES string of the molecule is COc1ccc(C(=O)C(C)S(=O)c2cccs2)cc1. The Labute approximate surface area is 118 Å². The molecule has 0 saturated carbocycles. The second-order valence-electron chi connectivity index (χ2n) is 3.96. The zero-order chi connectivity index (χ0) is 13.8. The smallest absolute Gasteiger partial charge is 0.178 e. The molecule has 0 aliphatic heterocycles. The van der Waals surface area contributed by atoms with Gasteiger partial charge in [0.15, 0.2) is 5.78 Å². The van der Waals surface area contributed by atoms with Crippen LogP contribution < -0.4 is 4.74 Å². The van der Waals surface area contributed by atoms with Crippen LogP contribution in [0, 0.1) is 0 Å². The molecule has 1 aromatic carbocycles. The molecule has 2 aromatic rings. The van der Waals surface area contributed by atoms with Gasteiger partial charge in [-0.1, -0.05) is 6.07 Å². The molecule has 2 atom stereocenters. The zero-order valence-electron chi connectivity index (χ0n) is 10.7. The predicted octanol–water partition coefficient (Wildman–Crippen LogP) is 3.14. The average Bonchev–Trinajstić information content (AvgIpc) is 2.99. The lowest BCUT2D eigenvalue weighted by molar-refractivity contribution is 0.0992. The van der Waals surface area contributed by atoms with Gasteiger partial charge in [-0.25, -0.2) is 0 Å². The van der Waals surface area contributed by atoms with E-state index >= 15 is 0 Å². The number of carbonyl (C=O) groups excluding carboxylic acids is 1. The van der Waals surface area contributed by atoms with Gasteiger partial charge in [0.25, 0.3) is 0 Å². The fraction of sp³-hybridized carbons (Fsp3) is 0.214. The lowest BCUT2D eigenvalue weighted by atomic mass is 10.1. The van der Waals surface area contributed by atoms with E-state index in [0.717, 1.165) is 4.21 Å². The molecule has 0 fully saturated rings. The molecule has 0 spiro atoms. The Morgan fingerprint density at radius 2 is 1.95 bits per heavy atom. The summed E-state index contributed by atoms with van der Waals surface area (Å²) in [7, 11) is 0.278. The van der Waals surface area contributed by atoms with E-state index in [9.17, 15) is 9.00 Å². The van der Waals surface area contributed by atoms with Gasteiger partial charge in [0.05, 0.1) is 22.1 Å². The van der Waals surface area contributed by atoms with E-state index in [-0.39, 0.29) is 5.78 Å². The number of Topliss-reactive ketones (excluding diaryl/α,β-unsaturated/α-hetero) is 1. The molecule has 2 rings (SSSR count). The molecule has 0 aliphatic rings. The summed E-state index contributed by atoms with van der Waals surface area (Å²) < 4.78 is 18.0. The lowest BCUT2D eigenvalue weighted by Crippen LogP contribution is -2.22. The van der Waals surface area contributed by atoms with Gasteiger partial charge in [0.1, 0.15) is 11.0 Å². The van der Waals surface area contributed by atoms with Gasteiger partial charge < -0.3 is 4.74 Å².